The van der Waals surface area contributed by atoms with Crippen molar-refractivity contribution in [2.24, 2.45) is 5.73 Å². The van der Waals surface area contributed by atoms with Crippen molar-refractivity contribution in [2.45, 2.75) is 26.1 Å². The molecule has 0 radical (unpaired) electrons. The van der Waals surface area contributed by atoms with Crippen molar-refractivity contribution < 1.29 is 9.53 Å². The average molecular weight is 322 g/mol. The van der Waals surface area contributed by atoms with E-state index in [9.17, 15) is 4.79 Å². The first-order valence-electron chi connectivity index (χ1n) is 6.90. The number of para-hydroxylation sites is 1. The summed E-state index contributed by atoms with van der Waals surface area (Å²) in [5.74, 6) is 0.237. The first-order valence-corrected chi connectivity index (χ1v) is 7.28. The Hall–Kier alpha value is -2.28. The Kier molecular flexibility index (Phi) is 3.89. The van der Waals surface area contributed by atoms with Crippen LogP contribution in [0.15, 0.2) is 24.4 Å². The lowest BCUT2D eigenvalue weighted by Gasteiger charge is -2.34. The zero-order valence-electron chi connectivity index (χ0n) is 12.1. The van der Waals surface area contributed by atoms with Crippen molar-refractivity contribution in [3.05, 3.63) is 35.1 Å². The van der Waals surface area contributed by atoms with Gasteiger partial charge in [-0.2, -0.15) is 0 Å². The summed E-state index contributed by atoms with van der Waals surface area (Å²) in [4.78, 5) is 13.0. The molecule has 1 amide bonds. The SMILES string of the molecule is CC1CN(Cc2cn(CC(N)=O)nn2)c2cccc(Cl)c2O1. The number of carbonyl (C=O) groups excluding carboxylic acids is 1. The van der Waals surface area contributed by atoms with Crippen LogP contribution in [0.3, 0.4) is 0 Å². The molecule has 1 aliphatic rings. The van der Waals surface area contributed by atoms with E-state index in [-0.39, 0.29) is 12.6 Å². The van der Waals surface area contributed by atoms with Crippen molar-refractivity contribution in [2.75, 3.05) is 11.4 Å². The van der Waals surface area contributed by atoms with Crippen LogP contribution in [0.2, 0.25) is 5.02 Å². The maximum Gasteiger partial charge on any atom is 0.239 e. The van der Waals surface area contributed by atoms with Gasteiger partial charge >= 0.3 is 0 Å². The van der Waals surface area contributed by atoms with E-state index in [1.165, 1.54) is 4.68 Å². The summed E-state index contributed by atoms with van der Waals surface area (Å²) in [6.07, 6.45) is 1.74. The number of carbonyl (C=O) groups is 1. The van der Waals surface area contributed by atoms with Gasteiger partial charge in [-0.25, -0.2) is 4.68 Å². The van der Waals surface area contributed by atoms with Gasteiger partial charge in [-0.05, 0) is 19.1 Å². The number of nitrogens with zero attached hydrogens (tertiary/aromatic N) is 4. The topological polar surface area (TPSA) is 86.3 Å². The standard InChI is InChI=1S/C14H16ClN5O2/c1-9-5-19(12-4-2-3-11(15)14(12)22-9)6-10-7-20(18-17-10)8-13(16)21/h2-4,7,9H,5-6,8H2,1H3,(H2,16,21). The number of amides is 1. The number of hydrogen-bond acceptors (Lipinski definition) is 5. The van der Waals surface area contributed by atoms with Gasteiger partial charge in [0.15, 0.2) is 5.75 Å². The van der Waals surface area contributed by atoms with E-state index in [0.717, 1.165) is 17.9 Å². The average Bonchev–Trinajstić information content (AvgIpc) is 2.86. The third kappa shape index (κ3) is 2.99. The maximum atomic E-state index is 10.9. The van der Waals surface area contributed by atoms with Crippen molar-refractivity contribution in [3.8, 4) is 5.75 Å². The van der Waals surface area contributed by atoms with Crippen molar-refractivity contribution in [1.82, 2.24) is 15.0 Å². The van der Waals surface area contributed by atoms with Crippen molar-refractivity contribution in [3.63, 3.8) is 0 Å². The molecule has 2 N–H and O–H groups in total. The van der Waals surface area contributed by atoms with E-state index in [1.54, 1.807) is 12.3 Å². The van der Waals surface area contributed by atoms with Gasteiger partial charge in [0.1, 0.15) is 18.3 Å². The Labute approximate surface area is 132 Å². The van der Waals surface area contributed by atoms with Gasteiger partial charge in [-0.3, -0.25) is 4.79 Å². The monoisotopic (exact) mass is 321 g/mol. The van der Waals surface area contributed by atoms with E-state index < -0.39 is 5.91 Å². The summed E-state index contributed by atoms with van der Waals surface area (Å²) >= 11 is 6.20. The normalized spacial score (nSPS) is 17.0. The highest BCUT2D eigenvalue weighted by molar-refractivity contribution is 6.32. The molecule has 8 heteroatoms. The fraction of sp³-hybridized carbons (Fsp3) is 0.357. The van der Waals surface area contributed by atoms with Crippen LogP contribution >= 0.6 is 11.6 Å². The predicted molar refractivity (Wildman–Crippen MR) is 81.8 cm³/mol. The third-order valence-electron chi connectivity index (χ3n) is 3.34. The molecular formula is C14H16ClN5O2. The Morgan fingerprint density at radius 2 is 2.36 bits per heavy atom. The molecular weight excluding hydrogens is 306 g/mol. The van der Waals surface area contributed by atoms with Crippen LogP contribution in [-0.4, -0.2) is 33.5 Å². The third-order valence-corrected chi connectivity index (χ3v) is 3.64. The van der Waals surface area contributed by atoms with Crippen LogP contribution in [-0.2, 0) is 17.9 Å². The molecule has 0 aliphatic carbocycles. The molecule has 0 fully saturated rings. The predicted octanol–water partition coefficient (Wildman–Crippen LogP) is 1.20. The number of primary amides is 1. The lowest BCUT2D eigenvalue weighted by Crippen LogP contribution is -2.38. The number of rotatable bonds is 4. The van der Waals surface area contributed by atoms with E-state index in [4.69, 9.17) is 22.1 Å². The molecule has 1 unspecified atom stereocenters. The quantitative estimate of drug-likeness (QED) is 0.914. The second kappa shape index (κ2) is 5.84. The molecule has 1 atom stereocenters. The number of nitrogens with two attached hydrogens (primary N) is 1. The van der Waals surface area contributed by atoms with Gasteiger partial charge in [-0.1, -0.05) is 22.9 Å². The molecule has 0 saturated heterocycles. The fourth-order valence-corrected chi connectivity index (χ4v) is 2.72. The summed E-state index contributed by atoms with van der Waals surface area (Å²) < 4.78 is 7.24. The molecule has 7 nitrogen and oxygen atoms in total. The number of aromatic nitrogens is 3. The molecule has 22 heavy (non-hydrogen) atoms. The van der Waals surface area contributed by atoms with Gasteiger partial charge in [0.25, 0.3) is 0 Å². The minimum absolute atomic E-state index is 0.0214. The van der Waals surface area contributed by atoms with Gasteiger partial charge in [0.05, 0.1) is 30.0 Å². The highest BCUT2D eigenvalue weighted by atomic mass is 35.5. The van der Waals surface area contributed by atoms with Crippen LogP contribution in [0.25, 0.3) is 0 Å². The van der Waals surface area contributed by atoms with E-state index in [1.807, 2.05) is 19.1 Å². The van der Waals surface area contributed by atoms with Crippen LogP contribution in [0.1, 0.15) is 12.6 Å². The number of ether oxygens (including phenoxy) is 1. The van der Waals surface area contributed by atoms with Gasteiger partial charge in [-0.15, -0.1) is 5.10 Å². The molecule has 2 aromatic rings. The summed E-state index contributed by atoms with van der Waals surface area (Å²) in [6, 6.07) is 5.65. The second-order valence-electron chi connectivity index (χ2n) is 5.27. The van der Waals surface area contributed by atoms with Crippen LogP contribution in [0.5, 0.6) is 5.75 Å². The first-order chi connectivity index (χ1) is 10.5. The Morgan fingerprint density at radius 1 is 1.55 bits per heavy atom. The van der Waals surface area contributed by atoms with E-state index in [0.29, 0.717) is 17.3 Å². The molecule has 0 bridgehead atoms. The molecule has 2 heterocycles. The lowest BCUT2D eigenvalue weighted by atomic mass is 10.2. The van der Waals surface area contributed by atoms with Crippen LogP contribution in [0, 0.1) is 0 Å². The zero-order chi connectivity index (χ0) is 15.7. The number of fused-ring (bicyclic) bond motifs is 1. The fourth-order valence-electron chi connectivity index (χ4n) is 2.50. The summed E-state index contributed by atoms with van der Waals surface area (Å²) in [5.41, 5.74) is 6.82. The zero-order valence-corrected chi connectivity index (χ0v) is 12.8. The Bertz CT molecular complexity index is 702. The van der Waals surface area contributed by atoms with Crippen LogP contribution in [0.4, 0.5) is 5.69 Å². The van der Waals surface area contributed by atoms with Crippen molar-refractivity contribution in [1.29, 1.82) is 0 Å². The molecule has 3 rings (SSSR count). The first kappa shape index (κ1) is 14.6. The largest absolute Gasteiger partial charge is 0.485 e. The summed E-state index contributed by atoms with van der Waals surface area (Å²) in [7, 11) is 0. The Balaban J connectivity index is 1.82. The molecule has 116 valence electrons. The Morgan fingerprint density at radius 3 is 3.14 bits per heavy atom. The minimum Gasteiger partial charge on any atom is -0.485 e. The van der Waals surface area contributed by atoms with E-state index in [2.05, 4.69) is 15.2 Å². The number of benzene rings is 1. The summed E-state index contributed by atoms with van der Waals surface area (Å²) in [5, 5.41) is 8.56. The van der Waals surface area contributed by atoms with Crippen molar-refractivity contribution >= 4 is 23.2 Å². The molecule has 1 aromatic heterocycles. The van der Waals surface area contributed by atoms with Gasteiger partial charge in [0.2, 0.25) is 5.91 Å². The number of anilines is 1. The second-order valence-corrected chi connectivity index (χ2v) is 5.68. The number of halogens is 1. The van der Waals surface area contributed by atoms with E-state index >= 15 is 0 Å². The van der Waals surface area contributed by atoms with Gasteiger partial charge in [0, 0.05) is 0 Å². The number of hydrogen-bond donors (Lipinski definition) is 1. The molecule has 1 aliphatic heterocycles. The van der Waals surface area contributed by atoms with Crippen LogP contribution < -0.4 is 15.4 Å². The minimum atomic E-state index is -0.450. The van der Waals surface area contributed by atoms with Gasteiger partial charge < -0.3 is 15.4 Å². The molecule has 1 aromatic carbocycles. The smallest absolute Gasteiger partial charge is 0.239 e. The summed E-state index contributed by atoms with van der Waals surface area (Å²) in [6.45, 7) is 3.29. The molecule has 0 spiro atoms. The lowest BCUT2D eigenvalue weighted by molar-refractivity contribution is -0.118. The highest BCUT2D eigenvalue weighted by Gasteiger charge is 2.25. The highest BCUT2D eigenvalue weighted by Crippen LogP contribution is 2.39. The maximum absolute atomic E-state index is 10.9. The molecule has 0 saturated carbocycles.